The zero-order valence-corrected chi connectivity index (χ0v) is 32.2. The average Bonchev–Trinajstić information content (AvgIpc) is 3.82. The summed E-state index contributed by atoms with van der Waals surface area (Å²) in [5.74, 6) is -0.812. The number of oxazole rings is 2. The number of carbonyl (C=O) groups excluding carboxylic acids is 2. The molecule has 0 saturated heterocycles. The van der Waals surface area contributed by atoms with Crippen LogP contribution in [0.1, 0.15) is 87.1 Å². The number of ether oxygens (including phenoxy) is 3. The van der Waals surface area contributed by atoms with Gasteiger partial charge in [0, 0.05) is 36.9 Å². The SMILES string of the molecule is CC=C[C@H](O)C(C)(C)[C@@H]1CC=CC=CC=C[C@H](OC)Cc2nc(co2)C(=O)O[C@@H](C(C)(C)[C@@H](O)C=CC)CC=CC=CC=CC=Cc2nc(co2)C(=O)O1. The number of aliphatic hydroxyl groups is 2. The molecular weight excluding hydrogens is 688 g/mol. The summed E-state index contributed by atoms with van der Waals surface area (Å²) >= 11 is 0. The second-order valence-corrected chi connectivity index (χ2v) is 13.8. The molecule has 0 fully saturated rings. The standard InChI is InChI=1S/C43H54N2O9/c1-8-22-34(46)42(3,4)36-26-20-16-13-14-18-24-31(50-7)28-39-45-33(30-52-39)41(49)54-37(43(5,6)35(47)23-9-2)25-19-15-11-10-12-17-21-27-38-44-32(29-51-38)40(48)53-36/h8-24,27,29-31,34-37,46-47H,25-26,28H2,1-7H3/t31-,34-,35-,36-,37+/m0/s1. The molecule has 290 valence electrons. The molecule has 4 bridgehead atoms. The van der Waals surface area contributed by atoms with Crippen molar-refractivity contribution in [2.45, 2.75) is 91.3 Å². The Hall–Kier alpha value is -5.10. The van der Waals surface area contributed by atoms with Crippen LogP contribution in [0.3, 0.4) is 0 Å². The molecule has 0 amide bonds. The molecule has 2 aromatic heterocycles. The molecule has 0 spiro atoms. The number of cyclic esters (lactones) is 2. The summed E-state index contributed by atoms with van der Waals surface area (Å²) in [7, 11) is 1.56. The van der Waals surface area contributed by atoms with Gasteiger partial charge in [0.05, 0.1) is 24.7 Å². The van der Waals surface area contributed by atoms with Crippen LogP contribution in [0.2, 0.25) is 0 Å². The molecule has 5 atom stereocenters. The molecule has 2 aromatic rings. The Morgan fingerprint density at radius 1 is 0.722 bits per heavy atom. The van der Waals surface area contributed by atoms with Crippen molar-refractivity contribution in [1.29, 1.82) is 0 Å². The molecule has 0 saturated carbocycles. The van der Waals surface area contributed by atoms with Crippen LogP contribution in [-0.4, -0.2) is 69.7 Å². The Labute approximate surface area is 318 Å². The van der Waals surface area contributed by atoms with E-state index in [9.17, 15) is 19.8 Å². The summed E-state index contributed by atoms with van der Waals surface area (Å²) in [6, 6.07) is 0. The third kappa shape index (κ3) is 13.1. The lowest BCUT2D eigenvalue weighted by molar-refractivity contribution is -0.0461. The van der Waals surface area contributed by atoms with E-state index in [0.29, 0.717) is 18.7 Å². The second-order valence-electron chi connectivity index (χ2n) is 13.8. The first-order valence-electron chi connectivity index (χ1n) is 18.0. The molecule has 3 rings (SSSR count). The predicted molar refractivity (Wildman–Crippen MR) is 208 cm³/mol. The fourth-order valence-electron chi connectivity index (χ4n) is 5.26. The van der Waals surface area contributed by atoms with E-state index in [1.54, 1.807) is 55.7 Å². The lowest BCUT2D eigenvalue weighted by Crippen LogP contribution is -2.42. The van der Waals surface area contributed by atoms with Crippen molar-refractivity contribution in [3.05, 3.63) is 139 Å². The van der Waals surface area contributed by atoms with Gasteiger partial charge in [-0.3, -0.25) is 0 Å². The minimum Gasteiger partial charge on any atom is -0.457 e. The largest absolute Gasteiger partial charge is 0.457 e. The first-order chi connectivity index (χ1) is 25.8. The highest BCUT2D eigenvalue weighted by Crippen LogP contribution is 2.33. The molecule has 1 aliphatic heterocycles. The third-order valence-electron chi connectivity index (χ3n) is 9.03. The molecule has 1 aliphatic rings. The van der Waals surface area contributed by atoms with Crippen molar-refractivity contribution in [1.82, 2.24) is 9.97 Å². The van der Waals surface area contributed by atoms with Gasteiger partial charge in [-0.25, -0.2) is 19.6 Å². The van der Waals surface area contributed by atoms with Gasteiger partial charge in [0.25, 0.3) is 0 Å². The van der Waals surface area contributed by atoms with Crippen LogP contribution in [0.5, 0.6) is 0 Å². The van der Waals surface area contributed by atoms with Gasteiger partial charge in [-0.15, -0.1) is 0 Å². The minimum absolute atomic E-state index is 0.0118. The number of rotatable bonds is 7. The Balaban J connectivity index is 1.91. The van der Waals surface area contributed by atoms with Crippen LogP contribution >= 0.6 is 0 Å². The summed E-state index contributed by atoms with van der Waals surface area (Å²) in [5.41, 5.74) is -1.63. The van der Waals surface area contributed by atoms with Crippen LogP contribution < -0.4 is 0 Å². The Kier molecular flexibility index (Phi) is 17.3. The van der Waals surface area contributed by atoms with E-state index < -0.39 is 53.3 Å². The summed E-state index contributed by atoms with van der Waals surface area (Å²) in [6.45, 7) is 11.0. The first kappa shape index (κ1) is 43.3. The number of methoxy groups -OCH3 is 1. The summed E-state index contributed by atoms with van der Waals surface area (Å²) in [5, 5.41) is 21.7. The van der Waals surface area contributed by atoms with Gasteiger partial charge in [0.1, 0.15) is 24.7 Å². The van der Waals surface area contributed by atoms with Crippen LogP contribution in [0.15, 0.2) is 125 Å². The van der Waals surface area contributed by atoms with Crippen molar-refractivity contribution in [2.75, 3.05) is 7.11 Å². The number of hydrogen-bond acceptors (Lipinski definition) is 11. The zero-order chi connectivity index (χ0) is 39.6. The Morgan fingerprint density at radius 3 is 1.74 bits per heavy atom. The molecule has 0 aromatic carbocycles. The van der Waals surface area contributed by atoms with Gasteiger partial charge < -0.3 is 33.3 Å². The van der Waals surface area contributed by atoms with Crippen molar-refractivity contribution in [3.8, 4) is 0 Å². The molecule has 3 heterocycles. The van der Waals surface area contributed by atoms with Crippen LogP contribution in [-0.2, 0) is 20.6 Å². The van der Waals surface area contributed by atoms with Gasteiger partial charge in [-0.2, -0.15) is 0 Å². The van der Waals surface area contributed by atoms with Gasteiger partial charge in [-0.05, 0) is 13.8 Å². The lowest BCUT2D eigenvalue weighted by Gasteiger charge is -2.36. The van der Waals surface area contributed by atoms with E-state index in [1.165, 1.54) is 12.5 Å². The van der Waals surface area contributed by atoms with E-state index in [2.05, 4.69) is 9.97 Å². The molecule has 11 nitrogen and oxygen atoms in total. The first-order valence-corrected chi connectivity index (χ1v) is 18.0. The minimum atomic E-state index is -0.871. The molecular formula is C43H54N2O9. The fraction of sp³-hybridized carbons (Fsp3) is 0.395. The van der Waals surface area contributed by atoms with Crippen LogP contribution in [0.4, 0.5) is 0 Å². The predicted octanol–water partition coefficient (Wildman–Crippen LogP) is 8.04. The number of nitrogens with zero attached hydrogens (tertiary/aromatic N) is 2. The zero-order valence-electron chi connectivity index (χ0n) is 32.2. The lowest BCUT2D eigenvalue weighted by atomic mass is 9.79. The van der Waals surface area contributed by atoms with Crippen LogP contribution in [0.25, 0.3) is 6.08 Å². The topological polar surface area (TPSA) is 154 Å². The van der Waals surface area contributed by atoms with Crippen molar-refractivity contribution in [2.24, 2.45) is 10.8 Å². The molecule has 54 heavy (non-hydrogen) atoms. The molecule has 0 radical (unpaired) electrons. The number of fused-ring (bicyclic) bond motifs is 4. The van der Waals surface area contributed by atoms with Crippen molar-refractivity contribution in [3.63, 3.8) is 0 Å². The Morgan fingerprint density at radius 2 is 1.20 bits per heavy atom. The Bertz CT molecular complexity index is 1760. The van der Waals surface area contributed by atoms with Gasteiger partial charge in [0.2, 0.25) is 5.89 Å². The monoisotopic (exact) mass is 742 g/mol. The maximum Gasteiger partial charge on any atom is 0.360 e. The summed E-state index contributed by atoms with van der Waals surface area (Å²) in [4.78, 5) is 35.0. The molecule has 0 aliphatic carbocycles. The number of esters is 2. The van der Waals surface area contributed by atoms with Gasteiger partial charge in [-0.1, -0.05) is 131 Å². The highest BCUT2D eigenvalue weighted by molar-refractivity contribution is 5.87. The van der Waals surface area contributed by atoms with E-state index in [1.807, 2.05) is 102 Å². The molecule has 2 N–H and O–H groups in total. The van der Waals surface area contributed by atoms with Crippen molar-refractivity contribution >= 4 is 18.0 Å². The smallest absolute Gasteiger partial charge is 0.360 e. The average molecular weight is 743 g/mol. The van der Waals surface area contributed by atoms with Gasteiger partial charge in [0.15, 0.2) is 17.3 Å². The maximum atomic E-state index is 13.3. The van der Waals surface area contributed by atoms with Crippen LogP contribution in [0, 0.1) is 10.8 Å². The van der Waals surface area contributed by atoms with Crippen molar-refractivity contribution < 1.29 is 42.8 Å². The number of carbonyl (C=O) groups is 2. The fourth-order valence-corrected chi connectivity index (χ4v) is 5.26. The van der Waals surface area contributed by atoms with Gasteiger partial charge >= 0.3 is 11.9 Å². The second kappa shape index (κ2) is 21.6. The number of hydrogen-bond donors (Lipinski definition) is 2. The number of allylic oxidation sites excluding steroid dienone is 12. The van der Waals surface area contributed by atoms with E-state index in [4.69, 9.17) is 23.0 Å². The highest BCUT2D eigenvalue weighted by Gasteiger charge is 2.39. The quantitative estimate of drug-likeness (QED) is 0.209. The molecule has 0 unspecified atom stereocenters. The van der Waals surface area contributed by atoms with E-state index in [0.717, 1.165) is 0 Å². The number of aromatic nitrogens is 2. The summed E-state index contributed by atoms with van der Waals surface area (Å²) in [6.07, 6.45) is 31.9. The molecule has 11 heteroatoms. The van der Waals surface area contributed by atoms with E-state index in [-0.39, 0.29) is 23.7 Å². The highest BCUT2D eigenvalue weighted by atomic mass is 16.6. The third-order valence-corrected chi connectivity index (χ3v) is 9.03. The number of aliphatic hydroxyl groups excluding tert-OH is 2. The normalized spacial score (nSPS) is 21.4. The summed E-state index contributed by atoms with van der Waals surface area (Å²) < 4.78 is 28.5. The van der Waals surface area contributed by atoms with E-state index >= 15 is 0 Å². The maximum absolute atomic E-state index is 13.3.